The van der Waals surface area contributed by atoms with Crippen LogP contribution in [-0.2, 0) is 4.79 Å². The molecule has 0 spiro atoms. The first-order chi connectivity index (χ1) is 17.4. The lowest BCUT2D eigenvalue weighted by Crippen LogP contribution is -2.44. The number of benzene rings is 2. The molecule has 1 saturated heterocycles. The van der Waals surface area contributed by atoms with Crippen molar-refractivity contribution in [2.24, 2.45) is 5.73 Å². The first-order valence-corrected chi connectivity index (χ1v) is 11.6. The number of amides is 2. The maximum absolute atomic E-state index is 13.4. The second-order valence-corrected chi connectivity index (χ2v) is 8.31. The van der Waals surface area contributed by atoms with Gasteiger partial charge in [0.2, 0.25) is 11.8 Å². The van der Waals surface area contributed by atoms with Crippen LogP contribution in [0.5, 0.6) is 23.1 Å². The first-order valence-electron chi connectivity index (χ1n) is 11.6. The highest BCUT2D eigenvalue weighted by Crippen LogP contribution is 2.30. The van der Waals surface area contributed by atoms with Crippen LogP contribution in [0.25, 0.3) is 0 Å². The van der Waals surface area contributed by atoms with Gasteiger partial charge in [0.15, 0.2) is 0 Å². The molecule has 2 heterocycles. The van der Waals surface area contributed by atoms with Crippen molar-refractivity contribution in [2.75, 3.05) is 18.0 Å². The zero-order valence-corrected chi connectivity index (χ0v) is 19.8. The number of pyridine rings is 1. The zero-order valence-electron chi connectivity index (χ0n) is 19.8. The highest BCUT2D eigenvalue weighted by molar-refractivity contribution is 5.96. The summed E-state index contributed by atoms with van der Waals surface area (Å²) in [4.78, 5) is 30.4. The first kappa shape index (κ1) is 24.7. The lowest BCUT2D eigenvalue weighted by molar-refractivity contribution is -0.117. The molecule has 0 saturated carbocycles. The van der Waals surface area contributed by atoms with Gasteiger partial charge in [-0.2, -0.15) is 0 Å². The van der Waals surface area contributed by atoms with E-state index in [1.807, 2.05) is 0 Å². The van der Waals surface area contributed by atoms with E-state index in [1.54, 1.807) is 61.7 Å². The molecule has 8 nitrogen and oxygen atoms in total. The van der Waals surface area contributed by atoms with E-state index in [1.165, 1.54) is 18.2 Å². The molecule has 1 fully saturated rings. The molecule has 0 atom stereocenters. The van der Waals surface area contributed by atoms with Crippen molar-refractivity contribution in [3.8, 4) is 23.1 Å². The molecule has 1 aliphatic rings. The van der Waals surface area contributed by atoms with Crippen molar-refractivity contribution >= 4 is 17.5 Å². The molecule has 3 aromatic rings. The number of allylic oxidation sites excluding steroid dienone is 1. The van der Waals surface area contributed by atoms with Crippen LogP contribution in [0, 0.1) is 5.82 Å². The second-order valence-electron chi connectivity index (χ2n) is 8.31. The van der Waals surface area contributed by atoms with Crippen LogP contribution in [0.3, 0.4) is 0 Å². The smallest absolute Gasteiger partial charge is 0.254 e. The van der Waals surface area contributed by atoms with Crippen LogP contribution < -0.4 is 25.4 Å². The second kappa shape index (κ2) is 11.4. The van der Waals surface area contributed by atoms with E-state index >= 15 is 0 Å². The Morgan fingerprint density at radius 1 is 1.06 bits per heavy atom. The minimum absolute atomic E-state index is 0.0938. The third-order valence-corrected chi connectivity index (χ3v) is 5.70. The number of nitrogens with zero attached hydrogens (tertiary/aromatic N) is 2. The van der Waals surface area contributed by atoms with E-state index in [-0.39, 0.29) is 29.2 Å². The Kier molecular flexibility index (Phi) is 7.79. The Morgan fingerprint density at radius 2 is 1.75 bits per heavy atom. The summed E-state index contributed by atoms with van der Waals surface area (Å²) >= 11 is 0. The van der Waals surface area contributed by atoms with E-state index in [0.29, 0.717) is 30.3 Å². The Bertz CT molecular complexity index is 1250. The van der Waals surface area contributed by atoms with Gasteiger partial charge in [0.1, 0.15) is 28.6 Å². The predicted octanol–water partition coefficient (Wildman–Crippen LogP) is 4.57. The average molecular weight is 491 g/mol. The monoisotopic (exact) mass is 490 g/mol. The van der Waals surface area contributed by atoms with Gasteiger partial charge in [-0.25, -0.2) is 9.37 Å². The van der Waals surface area contributed by atoms with Crippen molar-refractivity contribution in [1.82, 2.24) is 10.3 Å². The lowest BCUT2D eigenvalue weighted by Gasteiger charge is -2.33. The summed E-state index contributed by atoms with van der Waals surface area (Å²) in [6.07, 6.45) is 6.41. The molecule has 1 aromatic heterocycles. The summed E-state index contributed by atoms with van der Waals surface area (Å²) < 4.78 is 24.8. The molecule has 3 N–H and O–H groups in total. The van der Waals surface area contributed by atoms with Gasteiger partial charge in [0.05, 0.1) is 11.9 Å². The zero-order chi connectivity index (χ0) is 25.5. The minimum atomic E-state index is -0.654. The Morgan fingerprint density at radius 3 is 2.39 bits per heavy atom. The molecule has 4 rings (SSSR count). The number of rotatable bonds is 8. The van der Waals surface area contributed by atoms with Crippen molar-refractivity contribution < 1.29 is 23.5 Å². The fourth-order valence-electron chi connectivity index (χ4n) is 3.91. The minimum Gasteiger partial charge on any atom is -0.457 e. The third-order valence-electron chi connectivity index (χ3n) is 5.70. The largest absolute Gasteiger partial charge is 0.457 e. The lowest BCUT2D eigenvalue weighted by atomic mass is 10.0. The van der Waals surface area contributed by atoms with Crippen LogP contribution >= 0.6 is 0 Å². The van der Waals surface area contributed by atoms with Gasteiger partial charge >= 0.3 is 0 Å². The number of aromatic nitrogens is 1. The summed E-state index contributed by atoms with van der Waals surface area (Å²) in [5.74, 6) is 0.266. The van der Waals surface area contributed by atoms with Gasteiger partial charge in [0.25, 0.3) is 5.91 Å². The van der Waals surface area contributed by atoms with Gasteiger partial charge < -0.3 is 25.4 Å². The highest BCUT2D eigenvalue weighted by Gasteiger charge is 2.22. The van der Waals surface area contributed by atoms with Crippen LogP contribution in [0.15, 0.2) is 72.9 Å². The van der Waals surface area contributed by atoms with Gasteiger partial charge in [-0.1, -0.05) is 12.1 Å². The number of primary amides is 1. The van der Waals surface area contributed by atoms with Crippen molar-refractivity contribution in [3.63, 3.8) is 0 Å². The number of carbonyl (C=O) groups excluding carboxylic acids is 2. The molecule has 0 bridgehead atoms. The number of hydrogen-bond donors (Lipinski definition) is 2. The average Bonchev–Trinajstić information content (AvgIpc) is 2.86. The molecule has 186 valence electrons. The molecule has 2 aromatic carbocycles. The summed E-state index contributed by atoms with van der Waals surface area (Å²) in [5.41, 5.74) is 6.53. The SMILES string of the molecule is CC=CC(=O)NC1CCN(c2cnc(Oc3ccc(Oc4cccc(F)c4)cc3)c(C(N)=O)c2)CC1. The maximum Gasteiger partial charge on any atom is 0.254 e. The maximum atomic E-state index is 13.4. The van der Waals surface area contributed by atoms with Crippen LogP contribution in [0.4, 0.5) is 10.1 Å². The van der Waals surface area contributed by atoms with E-state index in [2.05, 4.69) is 15.2 Å². The quantitative estimate of drug-likeness (QED) is 0.448. The number of anilines is 1. The van der Waals surface area contributed by atoms with Crippen molar-refractivity contribution in [3.05, 3.63) is 84.3 Å². The normalized spacial score (nSPS) is 14.0. The number of nitrogens with two attached hydrogens (primary N) is 1. The van der Waals surface area contributed by atoms with Gasteiger partial charge in [-0.15, -0.1) is 0 Å². The number of halogens is 1. The van der Waals surface area contributed by atoms with E-state index in [9.17, 15) is 14.0 Å². The molecule has 9 heteroatoms. The molecule has 36 heavy (non-hydrogen) atoms. The Balaban J connectivity index is 1.41. The van der Waals surface area contributed by atoms with E-state index in [4.69, 9.17) is 15.2 Å². The summed E-state index contributed by atoms with van der Waals surface area (Å²) in [6, 6.07) is 14.3. The van der Waals surface area contributed by atoms with Crippen LogP contribution in [0.1, 0.15) is 30.1 Å². The van der Waals surface area contributed by atoms with Gasteiger partial charge in [0, 0.05) is 25.2 Å². The summed E-state index contributed by atoms with van der Waals surface area (Å²) in [5, 5.41) is 2.99. The number of ether oxygens (including phenoxy) is 2. The molecular formula is C27H27FN4O4. The van der Waals surface area contributed by atoms with E-state index < -0.39 is 5.91 Å². The van der Waals surface area contributed by atoms with Gasteiger partial charge in [-0.05, 0) is 68.3 Å². The van der Waals surface area contributed by atoms with Gasteiger partial charge in [-0.3, -0.25) is 9.59 Å². The number of nitrogens with one attached hydrogen (secondary N) is 1. The van der Waals surface area contributed by atoms with Crippen LogP contribution in [-0.4, -0.2) is 35.9 Å². The third kappa shape index (κ3) is 6.38. The fourth-order valence-corrected chi connectivity index (χ4v) is 3.91. The Labute approximate surface area is 208 Å². The van der Waals surface area contributed by atoms with Crippen molar-refractivity contribution in [1.29, 1.82) is 0 Å². The summed E-state index contributed by atoms with van der Waals surface area (Å²) in [6.45, 7) is 3.21. The number of carbonyl (C=O) groups is 2. The van der Waals surface area contributed by atoms with Crippen molar-refractivity contribution in [2.45, 2.75) is 25.8 Å². The molecule has 0 unspecified atom stereocenters. The predicted molar refractivity (Wildman–Crippen MR) is 134 cm³/mol. The molecule has 0 aliphatic carbocycles. The van der Waals surface area contributed by atoms with E-state index in [0.717, 1.165) is 18.5 Å². The molecule has 2 amide bonds. The molecule has 0 radical (unpaired) electrons. The number of piperidine rings is 1. The fraction of sp³-hybridized carbons (Fsp3) is 0.222. The summed E-state index contributed by atoms with van der Waals surface area (Å²) in [7, 11) is 0. The molecular weight excluding hydrogens is 463 g/mol. The standard InChI is InChI=1S/C27H27FN4O4/c1-2-4-25(33)31-19-11-13-32(14-12-19)20-16-24(26(29)34)27(30-17-20)36-22-9-7-21(8-10-22)35-23-6-3-5-18(28)15-23/h2-10,15-17,19H,11-14H2,1H3,(H2,29,34)(H,31,33). The molecule has 1 aliphatic heterocycles. The Hall–Kier alpha value is -4.40. The highest BCUT2D eigenvalue weighted by atomic mass is 19.1. The number of hydrogen-bond acceptors (Lipinski definition) is 6. The van der Waals surface area contributed by atoms with Crippen LogP contribution in [0.2, 0.25) is 0 Å². The topological polar surface area (TPSA) is 107 Å².